The van der Waals surface area contributed by atoms with Crippen LogP contribution in [-0.2, 0) is 5.75 Å². The molecule has 0 atom stereocenters. The summed E-state index contributed by atoms with van der Waals surface area (Å²) in [5, 5.41) is 20.1. The Morgan fingerprint density at radius 1 is 1.54 bits per heavy atom. The lowest BCUT2D eigenvalue weighted by Crippen LogP contribution is -2.02. The molecule has 5 nitrogen and oxygen atoms in total. The van der Waals surface area contributed by atoms with Crippen LogP contribution in [0.2, 0.25) is 0 Å². The Morgan fingerprint density at radius 3 is 3.08 bits per heavy atom. The largest absolute Gasteiger partial charge is 0.396 e. The second-order valence-electron chi connectivity index (χ2n) is 3.05. The van der Waals surface area contributed by atoms with Gasteiger partial charge >= 0.3 is 0 Å². The first kappa shape index (κ1) is 8.96. The minimum Gasteiger partial charge on any atom is -0.396 e. The van der Waals surface area contributed by atoms with Crippen LogP contribution in [0.15, 0.2) is 0 Å². The summed E-state index contributed by atoms with van der Waals surface area (Å²) in [5.41, 5.74) is 0. The Hall–Kier alpha value is -0.620. The number of hydrogen-bond acceptors (Lipinski definition) is 5. The Bertz CT molecular complexity index is 273. The van der Waals surface area contributed by atoms with Crippen LogP contribution >= 0.6 is 11.8 Å². The van der Waals surface area contributed by atoms with E-state index in [1.807, 2.05) is 4.68 Å². The molecule has 1 aromatic rings. The minimum absolute atomic E-state index is 0.218. The van der Waals surface area contributed by atoms with Gasteiger partial charge in [-0.15, -0.1) is 5.10 Å². The maximum Gasteiger partial charge on any atom is 0.161 e. The van der Waals surface area contributed by atoms with Crippen LogP contribution < -0.4 is 0 Å². The minimum atomic E-state index is 0.218. The lowest BCUT2D eigenvalue weighted by Gasteiger charge is -2.00. The Kier molecular flexibility index (Phi) is 2.80. The van der Waals surface area contributed by atoms with Gasteiger partial charge in [-0.3, -0.25) is 0 Å². The number of aliphatic hydroxyl groups is 1. The lowest BCUT2D eigenvalue weighted by molar-refractivity contribution is 0.322. The monoisotopic (exact) mass is 200 g/mol. The predicted molar refractivity (Wildman–Crippen MR) is 49.3 cm³/mol. The smallest absolute Gasteiger partial charge is 0.161 e. The van der Waals surface area contributed by atoms with E-state index in [1.165, 1.54) is 12.8 Å². The fourth-order valence-electron chi connectivity index (χ4n) is 1.14. The fourth-order valence-corrected chi connectivity index (χ4v) is 1.78. The standard InChI is InChI=1S/C7H12N4OS/c12-3-4-13-5-7-8-9-10-11(7)6-1-2-6/h6,12H,1-5H2. The first-order valence-corrected chi connectivity index (χ1v) is 5.52. The predicted octanol–water partition coefficient (Wildman–Crippen LogP) is 0.233. The van der Waals surface area contributed by atoms with Gasteiger partial charge in [0.25, 0.3) is 0 Å². The third kappa shape index (κ3) is 2.19. The zero-order valence-electron chi connectivity index (χ0n) is 7.26. The van der Waals surface area contributed by atoms with E-state index in [-0.39, 0.29) is 6.61 Å². The molecule has 0 saturated heterocycles. The molecule has 0 aromatic carbocycles. The molecule has 0 amide bonds. The third-order valence-corrected chi connectivity index (χ3v) is 2.85. The molecule has 0 aliphatic heterocycles. The van der Waals surface area contributed by atoms with Crippen LogP contribution in [0.3, 0.4) is 0 Å². The van der Waals surface area contributed by atoms with Crippen molar-refractivity contribution >= 4 is 11.8 Å². The number of tetrazole rings is 1. The number of aromatic nitrogens is 4. The molecular weight excluding hydrogens is 188 g/mol. The SMILES string of the molecule is OCCSCc1nnnn1C1CC1. The number of rotatable bonds is 5. The second kappa shape index (κ2) is 4.06. The van der Waals surface area contributed by atoms with Crippen molar-refractivity contribution < 1.29 is 5.11 Å². The molecule has 1 aliphatic rings. The van der Waals surface area contributed by atoms with Gasteiger partial charge in [-0.1, -0.05) is 0 Å². The van der Waals surface area contributed by atoms with Crippen molar-refractivity contribution in [3.8, 4) is 0 Å². The average Bonchev–Trinajstić information content (AvgIpc) is 2.88. The summed E-state index contributed by atoms with van der Waals surface area (Å²) in [7, 11) is 0. The Balaban J connectivity index is 1.90. The molecule has 6 heteroatoms. The van der Waals surface area contributed by atoms with Gasteiger partial charge in [0.2, 0.25) is 0 Å². The van der Waals surface area contributed by atoms with Crippen molar-refractivity contribution in [2.45, 2.75) is 24.6 Å². The van der Waals surface area contributed by atoms with E-state index in [0.717, 1.165) is 17.3 Å². The van der Waals surface area contributed by atoms with Crippen molar-refractivity contribution in [1.82, 2.24) is 20.2 Å². The molecule has 0 spiro atoms. The molecule has 1 fully saturated rings. The first-order chi connectivity index (χ1) is 6.42. The molecule has 1 N–H and O–H groups in total. The van der Waals surface area contributed by atoms with Crippen molar-refractivity contribution in [3.63, 3.8) is 0 Å². The van der Waals surface area contributed by atoms with Crippen LogP contribution in [0.1, 0.15) is 24.7 Å². The molecule has 2 rings (SSSR count). The topological polar surface area (TPSA) is 63.8 Å². The Morgan fingerprint density at radius 2 is 2.38 bits per heavy atom. The normalized spacial score (nSPS) is 16.4. The quantitative estimate of drug-likeness (QED) is 0.689. The van der Waals surface area contributed by atoms with E-state index in [0.29, 0.717) is 6.04 Å². The summed E-state index contributed by atoms with van der Waals surface area (Å²) < 4.78 is 1.91. The fraction of sp³-hybridized carbons (Fsp3) is 0.857. The summed E-state index contributed by atoms with van der Waals surface area (Å²) in [6, 6.07) is 0.541. The first-order valence-electron chi connectivity index (χ1n) is 4.37. The second-order valence-corrected chi connectivity index (χ2v) is 4.15. The van der Waals surface area contributed by atoms with Gasteiger partial charge in [0, 0.05) is 5.75 Å². The van der Waals surface area contributed by atoms with Crippen LogP contribution in [-0.4, -0.2) is 37.7 Å². The van der Waals surface area contributed by atoms with Crippen molar-refractivity contribution in [2.24, 2.45) is 0 Å². The molecule has 0 bridgehead atoms. The van der Waals surface area contributed by atoms with Crippen molar-refractivity contribution in [2.75, 3.05) is 12.4 Å². The van der Waals surface area contributed by atoms with Crippen LogP contribution in [0.4, 0.5) is 0 Å². The van der Waals surface area contributed by atoms with Gasteiger partial charge in [-0.25, -0.2) is 4.68 Å². The van der Waals surface area contributed by atoms with Gasteiger partial charge in [0.15, 0.2) is 5.82 Å². The van der Waals surface area contributed by atoms with Gasteiger partial charge < -0.3 is 5.11 Å². The molecule has 1 aliphatic carbocycles. The van der Waals surface area contributed by atoms with Crippen molar-refractivity contribution in [1.29, 1.82) is 0 Å². The van der Waals surface area contributed by atoms with E-state index >= 15 is 0 Å². The maximum atomic E-state index is 8.61. The molecular formula is C7H12N4OS. The highest BCUT2D eigenvalue weighted by Gasteiger charge is 2.27. The van der Waals surface area contributed by atoms with E-state index in [4.69, 9.17) is 5.11 Å². The highest BCUT2D eigenvalue weighted by atomic mass is 32.2. The Labute approximate surface area is 80.5 Å². The zero-order chi connectivity index (χ0) is 9.10. The lowest BCUT2D eigenvalue weighted by atomic mass is 10.6. The molecule has 1 heterocycles. The van der Waals surface area contributed by atoms with Gasteiger partial charge in [-0.05, 0) is 23.3 Å². The maximum absolute atomic E-state index is 8.61. The summed E-state index contributed by atoms with van der Waals surface area (Å²) in [6.07, 6.45) is 2.39. The van der Waals surface area contributed by atoms with Crippen LogP contribution in [0.25, 0.3) is 0 Å². The van der Waals surface area contributed by atoms with Crippen LogP contribution in [0.5, 0.6) is 0 Å². The average molecular weight is 200 g/mol. The molecule has 0 radical (unpaired) electrons. The molecule has 1 saturated carbocycles. The number of nitrogens with zero attached hydrogens (tertiary/aromatic N) is 4. The zero-order valence-corrected chi connectivity index (χ0v) is 8.07. The summed E-state index contributed by atoms with van der Waals surface area (Å²) in [6.45, 7) is 0.218. The number of hydrogen-bond donors (Lipinski definition) is 1. The summed E-state index contributed by atoms with van der Waals surface area (Å²) in [5.74, 6) is 2.47. The van der Waals surface area contributed by atoms with Crippen molar-refractivity contribution in [3.05, 3.63) is 5.82 Å². The number of aliphatic hydroxyl groups excluding tert-OH is 1. The highest BCUT2D eigenvalue weighted by molar-refractivity contribution is 7.98. The van der Waals surface area contributed by atoms with E-state index in [1.54, 1.807) is 11.8 Å². The van der Waals surface area contributed by atoms with Gasteiger partial charge in [0.1, 0.15) is 0 Å². The van der Waals surface area contributed by atoms with E-state index in [2.05, 4.69) is 15.5 Å². The van der Waals surface area contributed by atoms with E-state index < -0.39 is 0 Å². The third-order valence-electron chi connectivity index (χ3n) is 1.92. The number of thioether (sulfide) groups is 1. The molecule has 72 valence electrons. The van der Waals surface area contributed by atoms with E-state index in [9.17, 15) is 0 Å². The van der Waals surface area contributed by atoms with Gasteiger partial charge in [-0.2, -0.15) is 11.8 Å². The molecule has 1 aromatic heterocycles. The summed E-state index contributed by atoms with van der Waals surface area (Å²) >= 11 is 1.66. The summed E-state index contributed by atoms with van der Waals surface area (Å²) in [4.78, 5) is 0. The van der Waals surface area contributed by atoms with Crippen LogP contribution in [0, 0.1) is 0 Å². The highest BCUT2D eigenvalue weighted by Crippen LogP contribution is 2.34. The van der Waals surface area contributed by atoms with Gasteiger partial charge in [0.05, 0.1) is 18.4 Å². The molecule has 0 unspecified atom stereocenters. The molecule has 13 heavy (non-hydrogen) atoms.